The first-order valence-corrected chi connectivity index (χ1v) is 11.6. The molecule has 35 heavy (non-hydrogen) atoms. The Labute approximate surface area is 205 Å². The molecule has 7 nitrogen and oxygen atoms in total. The molecule has 182 valence electrons. The van der Waals surface area contributed by atoms with Crippen LogP contribution in [0.4, 0.5) is 5.69 Å². The van der Waals surface area contributed by atoms with Gasteiger partial charge in [-0.25, -0.2) is 0 Å². The number of carbonyl (C=O) groups is 2. The molecule has 0 radical (unpaired) electrons. The SMILES string of the molecule is CCc1cccc(NC(=O)C[C@H](c2cc(OC)c(OC)c(OC)c2)N2Cc3ccccc3C2=O)c1. The second-order valence-electron chi connectivity index (χ2n) is 8.37. The number of ether oxygens (including phenoxy) is 3. The number of methoxy groups -OCH3 is 3. The summed E-state index contributed by atoms with van der Waals surface area (Å²) in [6.45, 7) is 2.48. The van der Waals surface area contributed by atoms with Crippen LogP contribution in [0.25, 0.3) is 0 Å². The van der Waals surface area contributed by atoms with Gasteiger partial charge in [0.1, 0.15) is 0 Å². The van der Waals surface area contributed by atoms with Crippen molar-refractivity contribution in [1.29, 1.82) is 0 Å². The number of fused-ring (bicyclic) bond motifs is 1. The normalized spacial score (nSPS) is 13.3. The molecule has 3 aromatic rings. The van der Waals surface area contributed by atoms with E-state index in [4.69, 9.17) is 14.2 Å². The molecular weight excluding hydrogens is 444 g/mol. The summed E-state index contributed by atoms with van der Waals surface area (Å²) in [5, 5.41) is 2.99. The molecule has 0 unspecified atom stereocenters. The van der Waals surface area contributed by atoms with E-state index in [1.165, 1.54) is 7.11 Å². The predicted molar refractivity (Wildman–Crippen MR) is 134 cm³/mol. The number of anilines is 1. The summed E-state index contributed by atoms with van der Waals surface area (Å²) in [5.74, 6) is 1.08. The smallest absolute Gasteiger partial charge is 0.255 e. The largest absolute Gasteiger partial charge is 0.493 e. The van der Waals surface area contributed by atoms with Gasteiger partial charge in [-0.1, -0.05) is 37.3 Å². The fourth-order valence-corrected chi connectivity index (χ4v) is 4.49. The van der Waals surface area contributed by atoms with Crippen molar-refractivity contribution in [2.75, 3.05) is 26.6 Å². The summed E-state index contributed by atoms with van der Waals surface area (Å²) in [6, 6.07) is 18.3. The number of hydrogen-bond donors (Lipinski definition) is 1. The second-order valence-corrected chi connectivity index (χ2v) is 8.37. The van der Waals surface area contributed by atoms with Crippen LogP contribution in [0.1, 0.15) is 46.4 Å². The third-order valence-electron chi connectivity index (χ3n) is 6.30. The highest BCUT2D eigenvalue weighted by molar-refractivity contribution is 5.99. The predicted octanol–water partition coefficient (Wildman–Crippen LogP) is 5.00. The van der Waals surface area contributed by atoms with Crippen LogP contribution in [-0.4, -0.2) is 38.0 Å². The van der Waals surface area contributed by atoms with Crippen molar-refractivity contribution < 1.29 is 23.8 Å². The first-order chi connectivity index (χ1) is 17.0. The van der Waals surface area contributed by atoms with Crippen LogP contribution in [0.15, 0.2) is 60.7 Å². The zero-order chi connectivity index (χ0) is 24.9. The quantitative estimate of drug-likeness (QED) is 0.472. The molecule has 1 heterocycles. The molecule has 3 aromatic carbocycles. The van der Waals surface area contributed by atoms with E-state index in [0.717, 1.165) is 28.8 Å². The van der Waals surface area contributed by atoms with Crippen LogP contribution in [0.5, 0.6) is 17.2 Å². The van der Waals surface area contributed by atoms with Gasteiger partial charge in [-0.2, -0.15) is 0 Å². The summed E-state index contributed by atoms with van der Waals surface area (Å²) < 4.78 is 16.5. The zero-order valence-corrected chi connectivity index (χ0v) is 20.5. The van der Waals surface area contributed by atoms with E-state index in [1.54, 1.807) is 31.3 Å². The Morgan fingerprint density at radius 1 is 0.971 bits per heavy atom. The standard InChI is InChI=1S/C28H30N2O5/c1-5-18-9-8-11-21(13-18)29-26(31)16-23(30-17-19-10-6-7-12-22(19)28(30)32)20-14-24(33-2)27(35-4)25(15-20)34-3/h6-15,23H,5,16-17H2,1-4H3,(H,29,31)/t23-/m1/s1. The monoisotopic (exact) mass is 474 g/mol. The molecule has 1 atom stereocenters. The minimum atomic E-state index is -0.544. The summed E-state index contributed by atoms with van der Waals surface area (Å²) in [7, 11) is 4.62. The fourth-order valence-electron chi connectivity index (χ4n) is 4.49. The highest BCUT2D eigenvalue weighted by Gasteiger charge is 2.35. The van der Waals surface area contributed by atoms with Crippen LogP contribution in [0.2, 0.25) is 0 Å². The van der Waals surface area contributed by atoms with E-state index in [1.807, 2.05) is 48.5 Å². The lowest BCUT2D eigenvalue weighted by atomic mass is 10.00. The number of carbonyl (C=O) groups excluding carboxylic acids is 2. The van der Waals surface area contributed by atoms with Gasteiger partial charge in [0.15, 0.2) is 11.5 Å². The van der Waals surface area contributed by atoms with Gasteiger partial charge in [0.2, 0.25) is 11.7 Å². The number of amides is 2. The number of nitrogens with one attached hydrogen (secondary N) is 1. The van der Waals surface area contributed by atoms with Crippen LogP contribution in [0, 0.1) is 0 Å². The maximum Gasteiger partial charge on any atom is 0.255 e. The van der Waals surface area contributed by atoms with E-state index >= 15 is 0 Å². The van der Waals surface area contributed by atoms with E-state index in [-0.39, 0.29) is 18.2 Å². The van der Waals surface area contributed by atoms with Gasteiger partial charge in [-0.3, -0.25) is 9.59 Å². The minimum Gasteiger partial charge on any atom is -0.493 e. The Kier molecular flexibility index (Phi) is 7.25. The van der Waals surface area contributed by atoms with E-state index in [2.05, 4.69) is 12.2 Å². The number of rotatable bonds is 9. The van der Waals surface area contributed by atoms with Crippen molar-refractivity contribution in [3.05, 3.63) is 82.9 Å². The third kappa shape index (κ3) is 4.94. The van der Waals surface area contributed by atoms with Crippen molar-refractivity contribution >= 4 is 17.5 Å². The van der Waals surface area contributed by atoms with Crippen molar-refractivity contribution in [1.82, 2.24) is 4.90 Å². The Balaban J connectivity index is 1.70. The molecule has 0 aliphatic carbocycles. The van der Waals surface area contributed by atoms with Crippen molar-refractivity contribution in [3.8, 4) is 17.2 Å². The highest BCUT2D eigenvalue weighted by Crippen LogP contribution is 2.43. The lowest BCUT2D eigenvalue weighted by molar-refractivity contribution is -0.117. The van der Waals surface area contributed by atoms with Crippen LogP contribution < -0.4 is 19.5 Å². The number of nitrogens with zero attached hydrogens (tertiary/aromatic N) is 1. The molecule has 0 saturated carbocycles. The maximum atomic E-state index is 13.4. The fraction of sp³-hybridized carbons (Fsp3) is 0.286. The number of benzene rings is 3. The van der Waals surface area contributed by atoms with E-state index in [9.17, 15) is 9.59 Å². The number of aryl methyl sites for hydroxylation is 1. The van der Waals surface area contributed by atoms with Crippen molar-refractivity contribution in [2.24, 2.45) is 0 Å². The molecule has 1 aliphatic heterocycles. The molecule has 0 saturated heterocycles. The topological polar surface area (TPSA) is 77.1 Å². The Morgan fingerprint density at radius 2 is 1.69 bits per heavy atom. The molecule has 0 bridgehead atoms. The van der Waals surface area contributed by atoms with Crippen molar-refractivity contribution in [2.45, 2.75) is 32.4 Å². The van der Waals surface area contributed by atoms with Gasteiger partial charge in [-0.05, 0) is 53.4 Å². The second kappa shape index (κ2) is 10.5. The molecule has 0 fully saturated rings. The lowest BCUT2D eigenvalue weighted by Crippen LogP contribution is -2.32. The molecule has 0 aromatic heterocycles. The molecule has 1 N–H and O–H groups in total. The minimum absolute atomic E-state index is 0.0642. The Bertz CT molecular complexity index is 1210. The van der Waals surface area contributed by atoms with Gasteiger partial charge >= 0.3 is 0 Å². The average molecular weight is 475 g/mol. The Morgan fingerprint density at radius 3 is 2.31 bits per heavy atom. The van der Waals surface area contributed by atoms with Gasteiger partial charge in [0.05, 0.1) is 33.8 Å². The zero-order valence-electron chi connectivity index (χ0n) is 20.5. The number of hydrogen-bond acceptors (Lipinski definition) is 5. The van der Waals surface area contributed by atoms with Gasteiger partial charge in [0.25, 0.3) is 5.91 Å². The molecule has 2 amide bonds. The van der Waals surface area contributed by atoms with Crippen LogP contribution in [0.3, 0.4) is 0 Å². The summed E-state index contributed by atoms with van der Waals surface area (Å²) in [4.78, 5) is 28.3. The van der Waals surface area contributed by atoms with Gasteiger partial charge in [0, 0.05) is 17.8 Å². The lowest BCUT2D eigenvalue weighted by Gasteiger charge is -2.29. The highest BCUT2D eigenvalue weighted by atomic mass is 16.5. The van der Waals surface area contributed by atoms with Crippen LogP contribution in [-0.2, 0) is 17.8 Å². The summed E-state index contributed by atoms with van der Waals surface area (Å²) in [5.41, 5.74) is 4.17. The molecule has 1 aliphatic rings. The van der Waals surface area contributed by atoms with Gasteiger partial charge < -0.3 is 24.4 Å². The van der Waals surface area contributed by atoms with Crippen LogP contribution >= 0.6 is 0 Å². The first kappa shape index (κ1) is 24.1. The third-order valence-corrected chi connectivity index (χ3v) is 6.30. The van der Waals surface area contributed by atoms with Gasteiger partial charge in [-0.15, -0.1) is 0 Å². The van der Waals surface area contributed by atoms with Crippen molar-refractivity contribution in [3.63, 3.8) is 0 Å². The molecule has 7 heteroatoms. The molecular formula is C28H30N2O5. The van der Waals surface area contributed by atoms with E-state index < -0.39 is 6.04 Å². The molecule has 0 spiro atoms. The summed E-state index contributed by atoms with van der Waals surface area (Å²) in [6.07, 6.45) is 0.938. The Hall–Kier alpha value is -4.00. The first-order valence-electron chi connectivity index (χ1n) is 11.6. The summed E-state index contributed by atoms with van der Waals surface area (Å²) >= 11 is 0. The molecule has 4 rings (SSSR count). The maximum absolute atomic E-state index is 13.4. The average Bonchev–Trinajstić information content (AvgIpc) is 3.22. The van der Waals surface area contributed by atoms with E-state index in [0.29, 0.717) is 29.4 Å².